The van der Waals surface area contributed by atoms with Gasteiger partial charge in [-0.25, -0.2) is 5.10 Å². The van der Waals surface area contributed by atoms with E-state index in [1.807, 2.05) is 18.2 Å². The molecule has 2 N–H and O–H groups in total. The van der Waals surface area contributed by atoms with Crippen LogP contribution in [0.5, 0.6) is 0 Å². The number of anilines is 1. The van der Waals surface area contributed by atoms with Gasteiger partial charge in [-0.2, -0.15) is 5.10 Å². The predicted molar refractivity (Wildman–Crippen MR) is 72.0 cm³/mol. The number of benzene rings is 1. The SMILES string of the molecule is CC(=O)Nc1ccc2c(c1)-c1cc(=O)[nH]nc1CC2. The minimum atomic E-state index is -0.212. The number of H-pyrrole nitrogens is 1. The molecule has 1 aliphatic rings. The summed E-state index contributed by atoms with van der Waals surface area (Å²) in [5.41, 5.74) is 4.43. The maximum absolute atomic E-state index is 11.4. The van der Waals surface area contributed by atoms with E-state index in [1.54, 1.807) is 6.07 Å². The molecule has 1 amide bonds. The van der Waals surface area contributed by atoms with E-state index < -0.39 is 0 Å². The van der Waals surface area contributed by atoms with Crippen molar-refractivity contribution in [1.29, 1.82) is 0 Å². The Hall–Kier alpha value is -2.43. The van der Waals surface area contributed by atoms with Crippen LogP contribution in [0.15, 0.2) is 29.1 Å². The third kappa shape index (κ3) is 2.14. The number of aromatic nitrogens is 2. The molecule has 2 aromatic rings. The number of aryl methyl sites for hydroxylation is 2. The molecule has 0 spiro atoms. The number of hydrogen-bond acceptors (Lipinski definition) is 3. The molecule has 0 fully saturated rings. The van der Waals surface area contributed by atoms with Crippen molar-refractivity contribution >= 4 is 11.6 Å². The van der Waals surface area contributed by atoms with Crippen molar-refractivity contribution in [2.75, 3.05) is 5.32 Å². The Kier molecular flexibility index (Phi) is 2.67. The highest BCUT2D eigenvalue weighted by Crippen LogP contribution is 2.33. The number of nitrogens with one attached hydrogen (secondary N) is 2. The Morgan fingerprint density at radius 1 is 1.26 bits per heavy atom. The second-order valence-electron chi connectivity index (χ2n) is 4.65. The van der Waals surface area contributed by atoms with E-state index in [0.717, 1.165) is 35.3 Å². The van der Waals surface area contributed by atoms with Crippen LogP contribution in [-0.4, -0.2) is 16.1 Å². The third-order valence-electron chi connectivity index (χ3n) is 3.24. The smallest absolute Gasteiger partial charge is 0.264 e. The molecule has 0 aliphatic heterocycles. The third-order valence-corrected chi connectivity index (χ3v) is 3.24. The molecule has 5 nitrogen and oxygen atoms in total. The Morgan fingerprint density at radius 3 is 2.89 bits per heavy atom. The fourth-order valence-corrected chi connectivity index (χ4v) is 2.43. The summed E-state index contributed by atoms with van der Waals surface area (Å²) in [5, 5.41) is 9.30. The van der Waals surface area contributed by atoms with E-state index in [-0.39, 0.29) is 11.5 Å². The lowest BCUT2D eigenvalue weighted by atomic mass is 9.88. The first kappa shape index (κ1) is 11.6. The van der Waals surface area contributed by atoms with Gasteiger partial charge in [0.25, 0.3) is 5.56 Å². The van der Waals surface area contributed by atoms with Crippen LogP contribution in [0.4, 0.5) is 5.69 Å². The fourth-order valence-electron chi connectivity index (χ4n) is 2.43. The van der Waals surface area contributed by atoms with Crippen LogP contribution in [0, 0.1) is 0 Å². The highest BCUT2D eigenvalue weighted by Gasteiger charge is 2.18. The van der Waals surface area contributed by atoms with Crippen molar-refractivity contribution < 1.29 is 4.79 Å². The molecular formula is C14H13N3O2. The Morgan fingerprint density at radius 2 is 2.11 bits per heavy atom. The van der Waals surface area contributed by atoms with Crippen molar-refractivity contribution in [2.24, 2.45) is 0 Å². The number of aromatic amines is 1. The van der Waals surface area contributed by atoms with Gasteiger partial charge in [0.05, 0.1) is 5.69 Å². The fraction of sp³-hybridized carbons (Fsp3) is 0.214. The molecular weight excluding hydrogens is 242 g/mol. The van der Waals surface area contributed by atoms with E-state index in [4.69, 9.17) is 0 Å². The topological polar surface area (TPSA) is 74.8 Å². The Balaban J connectivity index is 2.15. The average molecular weight is 255 g/mol. The van der Waals surface area contributed by atoms with Crippen LogP contribution < -0.4 is 10.9 Å². The van der Waals surface area contributed by atoms with Crippen molar-refractivity contribution in [2.45, 2.75) is 19.8 Å². The molecule has 5 heteroatoms. The molecule has 96 valence electrons. The second-order valence-corrected chi connectivity index (χ2v) is 4.65. The maximum atomic E-state index is 11.4. The molecule has 1 aromatic carbocycles. The number of fused-ring (bicyclic) bond motifs is 3. The lowest BCUT2D eigenvalue weighted by Gasteiger charge is -2.19. The normalized spacial score (nSPS) is 12.5. The highest BCUT2D eigenvalue weighted by atomic mass is 16.1. The van der Waals surface area contributed by atoms with Crippen LogP contribution in [0.3, 0.4) is 0 Å². The number of hydrogen-bond donors (Lipinski definition) is 2. The monoisotopic (exact) mass is 255 g/mol. The Bertz CT molecular complexity index is 719. The summed E-state index contributed by atoms with van der Waals surface area (Å²) in [6.07, 6.45) is 1.71. The van der Waals surface area contributed by atoms with Gasteiger partial charge in [-0.05, 0) is 36.1 Å². The Labute approximate surface area is 109 Å². The number of amides is 1. The van der Waals surface area contributed by atoms with Gasteiger partial charge in [0.15, 0.2) is 0 Å². The first-order chi connectivity index (χ1) is 9.13. The zero-order chi connectivity index (χ0) is 13.4. The van der Waals surface area contributed by atoms with Gasteiger partial charge in [0.2, 0.25) is 5.91 Å². The summed E-state index contributed by atoms with van der Waals surface area (Å²) in [7, 11) is 0. The zero-order valence-electron chi connectivity index (χ0n) is 10.5. The van der Waals surface area contributed by atoms with E-state index in [9.17, 15) is 9.59 Å². The minimum absolute atomic E-state index is 0.111. The van der Waals surface area contributed by atoms with Crippen LogP contribution in [0.25, 0.3) is 11.1 Å². The van der Waals surface area contributed by atoms with E-state index in [2.05, 4.69) is 15.5 Å². The van der Waals surface area contributed by atoms with Crippen LogP contribution in [0.2, 0.25) is 0 Å². The number of carbonyl (C=O) groups is 1. The molecule has 1 heterocycles. The van der Waals surface area contributed by atoms with Gasteiger partial charge >= 0.3 is 0 Å². The molecule has 1 aromatic heterocycles. The largest absolute Gasteiger partial charge is 0.326 e. The summed E-state index contributed by atoms with van der Waals surface area (Å²) in [6.45, 7) is 1.47. The first-order valence-corrected chi connectivity index (χ1v) is 6.13. The van der Waals surface area contributed by atoms with Crippen molar-refractivity contribution in [3.05, 3.63) is 45.9 Å². The molecule has 0 saturated carbocycles. The highest BCUT2D eigenvalue weighted by molar-refractivity contribution is 5.90. The minimum Gasteiger partial charge on any atom is -0.326 e. The summed E-state index contributed by atoms with van der Waals surface area (Å²) >= 11 is 0. The quantitative estimate of drug-likeness (QED) is 0.810. The average Bonchev–Trinajstić information content (AvgIpc) is 2.38. The molecule has 3 rings (SSSR count). The van der Waals surface area contributed by atoms with Gasteiger partial charge in [0, 0.05) is 24.2 Å². The molecule has 0 unspecified atom stereocenters. The number of carbonyl (C=O) groups excluding carboxylic acids is 1. The van der Waals surface area contributed by atoms with Gasteiger partial charge < -0.3 is 5.32 Å². The number of rotatable bonds is 1. The predicted octanol–water partition coefficient (Wildman–Crippen LogP) is 1.49. The van der Waals surface area contributed by atoms with Crippen molar-refractivity contribution in [3.63, 3.8) is 0 Å². The molecule has 0 saturated heterocycles. The molecule has 1 aliphatic carbocycles. The van der Waals surface area contributed by atoms with E-state index >= 15 is 0 Å². The maximum Gasteiger partial charge on any atom is 0.264 e. The summed E-state index contributed by atoms with van der Waals surface area (Å²) in [6, 6.07) is 7.34. The van der Waals surface area contributed by atoms with E-state index in [0.29, 0.717) is 0 Å². The lowest BCUT2D eigenvalue weighted by Crippen LogP contribution is -2.15. The van der Waals surface area contributed by atoms with Crippen molar-refractivity contribution in [3.8, 4) is 11.1 Å². The lowest BCUT2D eigenvalue weighted by molar-refractivity contribution is -0.114. The van der Waals surface area contributed by atoms with Crippen LogP contribution in [-0.2, 0) is 17.6 Å². The van der Waals surface area contributed by atoms with Crippen molar-refractivity contribution in [1.82, 2.24) is 10.2 Å². The summed E-state index contributed by atoms with van der Waals surface area (Å²) in [5.74, 6) is -0.111. The second kappa shape index (κ2) is 4.35. The summed E-state index contributed by atoms with van der Waals surface area (Å²) < 4.78 is 0. The molecule has 0 atom stereocenters. The van der Waals surface area contributed by atoms with Gasteiger partial charge in [-0.3, -0.25) is 9.59 Å². The molecule has 0 radical (unpaired) electrons. The molecule has 19 heavy (non-hydrogen) atoms. The van der Waals surface area contributed by atoms with Gasteiger partial charge in [-0.15, -0.1) is 0 Å². The van der Waals surface area contributed by atoms with Gasteiger partial charge in [-0.1, -0.05) is 6.07 Å². The van der Waals surface area contributed by atoms with Gasteiger partial charge in [0.1, 0.15) is 0 Å². The van der Waals surface area contributed by atoms with Crippen LogP contribution in [0.1, 0.15) is 18.2 Å². The van der Waals surface area contributed by atoms with E-state index in [1.165, 1.54) is 12.5 Å². The van der Waals surface area contributed by atoms with Crippen LogP contribution >= 0.6 is 0 Å². The number of nitrogens with zero attached hydrogens (tertiary/aromatic N) is 1. The summed E-state index contributed by atoms with van der Waals surface area (Å²) in [4.78, 5) is 22.5. The zero-order valence-corrected chi connectivity index (χ0v) is 10.5. The standard InChI is InChI=1S/C14H13N3O2/c1-8(18)15-10-4-2-9-3-5-13-12(11(9)6-10)7-14(19)17-16-13/h2,4,6-7H,3,5H2,1H3,(H,15,18)(H,17,19). The first-order valence-electron chi connectivity index (χ1n) is 6.13. The molecule has 0 bridgehead atoms.